The second-order valence-corrected chi connectivity index (χ2v) is 6.36. The standard InChI is InChI=1S/C6H12O3S.C5H10O/c1-10(7,8)9-5-4-6-2-3-6;6-4-3-5-1-2-5/h6H,2-5H2,1H3;5-6H,1-4H2. The number of aliphatic hydroxyl groups is 1. The molecule has 0 saturated heterocycles. The highest BCUT2D eigenvalue weighted by Crippen LogP contribution is 2.32. The van der Waals surface area contributed by atoms with Gasteiger partial charge in [0, 0.05) is 6.61 Å². The van der Waals surface area contributed by atoms with Crippen molar-refractivity contribution in [3.63, 3.8) is 0 Å². The maximum Gasteiger partial charge on any atom is 0.264 e. The number of hydrogen-bond acceptors (Lipinski definition) is 4. The topological polar surface area (TPSA) is 63.6 Å². The zero-order chi connectivity index (χ0) is 12.0. The predicted molar refractivity (Wildman–Crippen MR) is 62.6 cm³/mol. The molecule has 16 heavy (non-hydrogen) atoms. The predicted octanol–water partition coefficient (Wildman–Crippen LogP) is 1.54. The van der Waals surface area contributed by atoms with E-state index in [-0.39, 0.29) is 0 Å². The van der Waals surface area contributed by atoms with Crippen LogP contribution >= 0.6 is 0 Å². The fourth-order valence-electron chi connectivity index (χ4n) is 1.36. The molecule has 2 aliphatic carbocycles. The Morgan fingerprint density at radius 2 is 1.62 bits per heavy atom. The van der Waals surface area contributed by atoms with Crippen molar-refractivity contribution in [1.29, 1.82) is 0 Å². The van der Waals surface area contributed by atoms with Crippen LogP contribution < -0.4 is 0 Å². The highest BCUT2D eigenvalue weighted by atomic mass is 32.2. The van der Waals surface area contributed by atoms with Gasteiger partial charge in [-0.25, -0.2) is 0 Å². The van der Waals surface area contributed by atoms with E-state index in [1.54, 1.807) is 0 Å². The first-order valence-corrected chi connectivity index (χ1v) is 7.78. The molecular weight excluding hydrogens is 228 g/mol. The number of aliphatic hydroxyl groups excluding tert-OH is 1. The molecular formula is C11H22O4S. The summed E-state index contributed by atoms with van der Waals surface area (Å²) in [4.78, 5) is 0. The van der Waals surface area contributed by atoms with Crippen LogP contribution in [0.5, 0.6) is 0 Å². The minimum atomic E-state index is -3.19. The van der Waals surface area contributed by atoms with Crippen molar-refractivity contribution in [3.05, 3.63) is 0 Å². The summed E-state index contributed by atoms with van der Waals surface area (Å²) in [6.45, 7) is 0.758. The molecule has 2 aliphatic rings. The second-order valence-electron chi connectivity index (χ2n) is 4.71. The molecule has 0 spiro atoms. The third-order valence-electron chi connectivity index (χ3n) is 2.75. The molecule has 0 aromatic heterocycles. The van der Waals surface area contributed by atoms with Gasteiger partial charge in [0.2, 0.25) is 0 Å². The molecule has 2 rings (SSSR count). The van der Waals surface area contributed by atoms with E-state index in [0.29, 0.717) is 13.2 Å². The zero-order valence-electron chi connectivity index (χ0n) is 9.89. The van der Waals surface area contributed by atoms with Crippen molar-refractivity contribution in [3.8, 4) is 0 Å². The Morgan fingerprint density at radius 1 is 1.12 bits per heavy atom. The molecule has 0 radical (unpaired) electrons. The second kappa shape index (κ2) is 6.57. The fraction of sp³-hybridized carbons (Fsp3) is 1.00. The minimum Gasteiger partial charge on any atom is -0.396 e. The van der Waals surface area contributed by atoms with Gasteiger partial charge in [0.1, 0.15) is 0 Å². The molecule has 0 aliphatic heterocycles. The van der Waals surface area contributed by atoms with Crippen LogP contribution in [0.15, 0.2) is 0 Å². The third-order valence-corrected chi connectivity index (χ3v) is 3.35. The van der Waals surface area contributed by atoms with Gasteiger partial charge in [-0.2, -0.15) is 8.42 Å². The van der Waals surface area contributed by atoms with Crippen LogP contribution in [0.4, 0.5) is 0 Å². The van der Waals surface area contributed by atoms with Gasteiger partial charge in [-0.3, -0.25) is 4.18 Å². The molecule has 96 valence electrons. The van der Waals surface area contributed by atoms with Crippen molar-refractivity contribution in [1.82, 2.24) is 0 Å². The first-order chi connectivity index (χ1) is 7.51. The summed E-state index contributed by atoms with van der Waals surface area (Å²) in [5.41, 5.74) is 0. The highest BCUT2D eigenvalue weighted by molar-refractivity contribution is 7.85. The monoisotopic (exact) mass is 250 g/mol. The van der Waals surface area contributed by atoms with Crippen LogP contribution in [0.2, 0.25) is 0 Å². The summed E-state index contributed by atoms with van der Waals surface area (Å²) in [6.07, 6.45) is 8.23. The van der Waals surface area contributed by atoms with Gasteiger partial charge in [-0.15, -0.1) is 0 Å². The van der Waals surface area contributed by atoms with E-state index in [9.17, 15) is 8.42 Å². The Bertz CT molecular complexity index is 278. The Morgan fingerprint density at radius 3 is 1.94 bits per heavy atom. The van der Waals surface area contributed by atoms with Crippen molar-refractivity contribution >= 4 is 10.1 Å². The van der Waals surface area contributed by atoms with E-state index in [2.05, 4.69) is 4.18 Å². The lowest BCUT2D eigenvalue weighted by Gasteiger charge is -1.97. The van der Waals surface area contributed by atoms with E-state index in [1.165, 1.54) is 25.7 Å². The van der Waals surface area contributed by atoms with E-state index in [0.717, 1.165) is 30.9 Å². The Hall–Kier alpha value is -0.130. The number of rotatable bonds is 6. The third kappa shape index (κ3) is 9.12. The zero-order valence-corrected chi connectivity index (χ0v) is 10.7. The van der Waals surface area contributed by atoms with E-state index < -0.39 is 10.1 Å². The highest BCUT2D eigenvalue weighted by Gasteiger charge is 2.21. The van der Waals surface area contributed by atoms with Gasteiger partial charge in [0.15, 0.2) is 0 Å². The average Bonchev–Trinajstić information content (AvgIpc) is 2.96. The van der Waals surface area contributed by atoms with Crippen LogP contribution in [0.3, 0.4) is 0 Å². The lowest BCUT2D eigenvalue weighted by atomic mass is 10.3. The van der Waals surface area contributed by atoms with Gasteiger partial charge in [-0.1, -0.05) is 25.7 Å². The maximum atomic E-state index is 10.4. The van der Waals surface area contributed by atoms with Crippen molar-refractivity contribution in [2.75, 3.05) is 19.5 Å². The molecule has 0 unspecified atom stereocenters. The molecule has 0 bridgehead atoms. The molecule has 4 nitrogen and oxygen atoms in total. The summed E-state index contributed by atoms with van der Waals surface area (Å²) in [5, 5.41) is 8.28. The molecule has 1 N–H and O–H groups in total. The first-order valence-electron chi connectivity index (χ1n) is 5.96. The Kier molecular flexibility index (Phi) is 5.72. The smallest absolute Gasteiger partial charge is 0.264 e. The summed E-state index contributed by atoms with van der Waals surface area (Å²) in [5.74, 6) is 1.64. The molecule has 2 fully saturated rings. The summed E-state index contributed by atoms with van der Waals surface area (Å²) < 4.78 is 25.4. The first kappa shape index (κ1) is 13.9. The normalized spacial score (nSPS) is 20.1. The van der Waals surface area contributed by atoms with Crippen molar-refractivity contribution in [2.24, 2.45) is 11.8 Å². The van der Waals surface area contributed by atoms with E-state index in [4.69, 9.17) is 5.11 Å². The molecule has 0 aromatic rings. The van der Waals surface area contributed by atoms with Gasteiger partial charge >= 0.3 is 0 Å². The van der Waals surface area contributed by atoms with Gasteiger partial charge in [-0.05, 0) is 24.7 Å². The van der Waals surface area contributed by atoms with Crippen LogP contribution in [0.1, 0.15) is 38.5 Å². The van der Waals surface area contributed by atoms with Gasteiger partial charge < -0.3 is 5.11 Å². The van der Waals surface area contributed by atoms with Crippen molar-refractivity contribution < 1.29 is 17.7 Å². The Labute approximate surface area is 98.1 Å². The Balaban J connectivity index is 0.000000181. The minimum absolute atomic E-state index is 0.365. The fourth-order valence-corrected chi connectivity index (χ4v) is 1.76. The van der Waals surface area contributed by atoms with Crippen LogP contribution in [0, 0.1) is 11.8 Å². The summed E-state index contributed by atoms with van der Waals surface area (Å²) in [6, 6.07) is 0. The lowest BCUT2D eigenvalue weighted by Crippen LogP contribution is -2.04. The van der Waals surface area contributed by atoms with E-state index >= 15 is 0 Å². The maximum absolute atomic E-state index is 10.4. The SMILES string of the molecule is CS(=O)(=O)OCCC1CC1.OCCC1CC1. The van der Waals surface area contributed by atoms with Gasteiger partial charge in [0.05, 0.1) is 12.9 Å². The molecule has 0 aromatic carbocycles. The molecule has 2 saturated carbocycles. The molecule has 0 atom stereocenters. The van der Waals surface area contributed by atoms with Crippen LogP contribution in [-0.2, 0) is 14.3 Å². The lowest BCUT2D eigenvalue weighted by molar-refractivity contribution is 0.280. The van der Waals surface area contributed by atoms with Crippen LogP contribution in [-0.4, -0.2) is 33.0 Å². The molecule has 0 amide bonds. The van der Waals surface area contributed by atoms with E-state index in [1.807, 2.05) is 0 Å². The largest absolute Gasteiger partial charge is 0.396 e. The summed E-state index contributed by atoms with van der Waals surface area (Å²) >= 11 is 0. The van der Waals surface area contributed by atoms with Crippen LogP contribution in [0.25, 0.3) is 0 Å². The number of hydrogen-bond donors (Lipinski definition) is 1. The van der Waals surface area contributed by atoms with Crippen molar-refractivity contribution in [2.45, 2.75) is 38.5 Å². The molecule has 0 heterocycles. The average molecular weight is 250 g/mol. The van der Waals surface area contributed by atoms with Gasteiger partial charge in [0.25, 0.3) is 10.1 Å². The summed E-state index contributed by atoms with van der Waals surface area (Å²) in [7, 11) is -3.19. The quantitative estimate of drug-likeness (QED) is 0.726. The molecule has 5 heteroatoms.